The third kappa shape index (κ3) is 4.10. The van der Waals surface area contributed by atoms with Crippen molar-refractivity contribution >= 4 is 28.2 Å². The largest absolute Gasteiger partial charge is 0.457 e. The number of carbonyl (C=O) groups excluding carboxylic acids is 2. The number of ketones is 1. The minimum Gasteiger partial charge on any atom is -0.457 e. The van der Waals surface area contributed by atoms with Crippen molar-refractivity contribution < 1.29 is 14.3 Å². The fraction of sp³-hybridized carbons (Fsp3) is 0.105. The summed E-state index contributed by atoms with van der Waals surface area (Å²) in [6, 6.07) is 16.2. The lowest BCUT2D eigenvalue weighted by atomic mass is 10.2. The SMILES string of the molecule is CC(=O)c1sc(NC(=O)c2cccc(Oc3ccccc3)c2)nc1C. The number of ether oxygens (including phenoxy) is 1. The molecule has 0 fully saturated rings. The molecule has 0 saturated heterocycles. The van der Waals surface area contributed by atoms with Gasteiger partial charge in [0.15, 0.2) is 10.9 Å². The molecule has 3 rings (SSSR count). The number of aromatic nitrogens is 1. The maximum atomic E-state index is 12.4. The lowest BCUT2D eigenvalue weighted by Crippen LogP contribution is -2.11. The second-order valence-corrected chi connectivity index (χ2v) is 6.39. The van der Waals surface area contributed by atoms with Crippen molar-refractivity contribution in [1.29, 1.82) is 0 Å². The van der Waals surface area contributed by atoms with Gasteiger partial charge >= 0.3 is 0 Å². The Kier molecular flexibility index (Phi) is 4.90. The Hall–Kier alpha value is -2.99. The molecule has 0 radical (unpaired) electrons. The summed E-state index contributed by atoms with van der Waals surface area (Å²) in [6.07, 6.45) is 0. The summed E-state index contributed by atoms with van der Waals surface area (Å²) in [6.45, 7) is 3.23. The topological polar surface area (TPSA) is 68.3 Å². The molecule has 0 aliphatic carbocycles. The van der Waals surface area contributed by atoms with E-state index in [1.807, 2.05) is 30.3 Å². The van der Waals surface area contributed by atoms with E-state index < -0.39 is 0 Å². The van der Waals surface area contributed by atoms with Crippen molar-refractivity contribution in [3.05, 3.63) is 70.7 Å². The number of hydrogen-bond donors (Lipinski definition) is 1. The first kappa shape index (κ1) is 16.9. The average molecular weight is 352 g/mol. The Bertz CT molecular complexity index is 919. The number of nitrogens with one attached hydrogen (secondary N) is 1. The van der Waals surface area contributed by atoms with Gasteiger partial charge in [0.2, 0.25) is 0 Å². The molecule has 1 aromatic heterocycles. The minimum atomic E-state index is -0.303. The van der Waals surface area contributed by atoms with E-state index in [4.69, 9.17) is 4.74 Å². The summed E-state index contributed by atoms with van der Waals surface area (Å²) in [5.41, 5.74) is 1.07. The van der Waals surface area contributed by atoms with Crippen LogP contribution in [0.15, 0.2) is 54.6 Å². The average Bonchev–Trinajstić information content (AvgIpc) is 2.96. The number of thiazole rings is 1. The van der Waals surface area contributed by atoms with Crippen molar-refractivity contribution in [3.63, 3.8) is 0 Å². The molecule has 0 atom stereocenters. The number of carbonyl (C=O) groups is 2. The van der Waals surface area contributed by atoms with Gasteiger partial charge in [0.1, 0.15) is 11.5 Å². The molecule has 1 heterocycles. The monoisotopic (exact) mass is 352 g/mol. The molecule has 126 valence electrons. The van der Waals surface area contributed by atoms with Crippen LogP contribution in [0.3, 0.4) is 0 Å². The number of rotatable bonds is 5. The molecule has 0 saturated carbocycles. The van der Waals surface area contributed by atoms with Crippen LogP contribution in [0.4, 0.5) is 5.13 Å². The first-order valence-corrected chi connectivity index (χ1v) is 8.47. The van der Waals surface area contributed by atoms with E-state index >= 15 is 0 Å². The van der Waals surface area contributed by atoms with E-state index in [9.17, 15) is 9.59 Å². The van der Waals surface area contributed by atoms with Crippen molar-refractivity contribution in [3.8, 4) is 11.5 Å². The third-order valence-electron chi connectivity index (χ3n) is 3.41. The number of benzene rings is 2. The highest BCUT2D eigenvalue weighted by Gasteiger charge is 2.14. The predicted octanol–water partition coefficient (Wildman–Crippen LogP) is 4.70. The van der Waals surface area contributed by atoms with Gasteiger partial charge < -0.3 is 4.74 Å². The highest BCUT2D eigenvalue weighted by Crippen LogP contribution is 2.25. The van der Waals surface area contributed by atoms with Gasteiger partial charge in [-0.1, -0.05) is 35.6 Å². The Morgan fingerprint density at radius 1 is 1.04 bits per heavy atom. The van der Waals surface area contributed by atoms with Crippen LogP contribution >= 0.6 is 11.3 Å². The number of amides is 1. The molecule has 0 spiro atoms. The summed E-state index contributed by atoms with van der Waals surface area (Å²) in [5.74, 6) is 0.899. The van der Waals surface area contributed by atoms with E-state index in [0.29, 0.717) is 32.8 Å². The van der Waals surface area contributed by atoms with Crippen LogP contribution in [0, 0.1) is 6.92 Å². The van der Waals surface area contributed by atoms with E-state index in [2.05, 4.69) is 10.3 Å². The quantitative estimate of drug-likeness (QED) is 0.676. The maximum Gasteiger partial charge on any atom is 0.257 e. The van der Waals surface area contributed by atoms with E-state index in [1.165, 1.54) is 18.3 Å². The van der Waals surface area contributed by atoms with Gasteiger partial charge in [-0.3, -0.25) is 14.9 Å². The van der Waals surface area contributed by atoms with Crippen LogP contribution < -0.4 is 10.1 Å². The molecule has 5 nitrogen and oxygen atoms in total. The molecule has 1 N–H and O–H groups in total. The lowest BCUT2D eigenvalue weighted by molar-refractivity contribution is 0.101. The number of hydrogen-bond acceptors (Lipinski definition) is 5. The van der Waals surface area contributed by atoms with Crippen LogP contribution in [0.25, 0.3) is 0 Å². The normalized spacial score (nSPS) is 10.3. The second-order valence-electron chi connectivity index (χ2n) is 5.39. The molecule has 0 bridgehead atoms. The molecule has 0 unspecified atom stereocenters. The van der Waals surface area contributed by atoms with Crippen LogP contribution in [0.1, 0.15) is 32.6 Å². The smallest absolute Gasteiger partial charge is 0.257 e. The van der Waals surface area contributed by atoms with Crippen molar-refractivity contribution in [2.24, 2.45) is 0 Å². The Morgan fingerprint density at radius 3 is 2.44 bits per heavy atom. The third-order valence-corrected chi connectivity index (χ3v) is 4.59. The lowest BCUT2D eigenvalue weighted by Gasteiger charge is -2.07. The second kappa shape index (κ2) is 7.27. The van der Waals surface area contributed by atoms with Gasteiger partial charge in [0.05, 0.1) is 10.6 Å². The van der Waals surface area contributed by atoms with E-state index in [1.54, 1.807) is 31.2 Å². The molecular formula is C19H16N2O3S. The number of para-hydroxylation sites is 1. The van der Waals surface area contributed by atoms with Crippen LogP contribution in [-0.4, -0.2) is 16.7 Å². The highest BCUT2D eigenvalue weighted by molar-refractivity contribution is 7.17. The highest BCUT2D eigenvalue weighted by atomic mass is 32.1. The summed E-state index contributed by atoms with van der Waals surface area (Å²) >= 11 is 1.17. The van der Waals surface area contributed by atoms with Crippen LogP contribution in [0.2, 0.25) is 0 Å². The number of aryl methyl sites for hydroxylation is 1. The van der Waals surface area contributed by atoms with Crippen molar-refractivity contribution in [2.75, 3.05) is 5.32 Å². The zero-order valence-electron chi connectivity index (χ0n) is 13.8. The summed E-state index contributed by atoms with van der Waals surface area (Å²) in [7, 11) is 0. The Morgan fingerprint density at radius 2 is 1.76 bits per heavy atom. The summed E-state index contributed by atoms with van der Waals surface area (Å²) in [5, 5.41) is 3.13. The fourth-order valence-corrected chi connectivity index (χ4v) is 3.13. The van der Waals surface area contributed by atoms with Gasteiger partial charge in [-0.05, 0) is 37.3 Å². The molecule has 0 aliphatic rings. The number of anilines is 1. The maximum absolute atomic E-state index is 12.4. The number of nitrogens with zero attached hydrogens (tertiary/aromatic N) is 1. The van der Waals surface area contributed by atoms with Crippen molar-refractivity contribution in [1.82, 2.24) is 4.98 Å². The van der Waals surface area contributed by atoms with Gasteiger partial charge in [-0.15, -0.1) is 0 Å². The van der Waals surface area contributed by atoms with E-state index in [-0.39, 0.29) is 11.7 Å². The Labute approximate surface area is 149 Å². The summed E-state index contributed by atoms with van der Waals surface area (Å²) in [4.78, 5) is 28.7. The predicted molar refractivity (Wildman–Crippen MR) is 97.8 cm³/mol. The zero-order chi connectivity index (χ0) is 17.8. The van der Waals surface area contributed by atoms with Gasteiger partial charge in [-0.25, -0.2) is 4.98 Å². The molecule has 25 heavy (non-hydrogen) atoms. The molecule has 1 amide bonds. The molecular weight excluding hydrogens is 336 g/mol. The van der Waals surface area contributed by atoms with Crippen molar-refractivity contribution in [2.45, 2.75) is 13.8 Å². The van der Waals surface area contributed by atoms with Crippen LogP contribution in [0.5, 0.6) is 11.5 Å². The molecule has 0 aliphatic heterocycles. The molecule has 6 heteroatoms. The van der Waals surface area contributed by atoms with Gasteiger partial charge in [0, 0.05) is 12.5 Å². The van der Waals surface area contributed by atoms with Gasteiger partial charge in [0.25, 0.3) is 5.91 Å². The first-order valence-electron chi connectivity index (χ1n) is 7.65. The summed E-state index contributed by atoms with van der Waals surface area (Å²) < 4.78 is 5.74. The Balaban J connectivity index is 1.75. The zero-order valence-corrected chi connectivity index (χ0v) is 14.6. The van der Waals surface area contributed by atoms with Gasteiger partial charge in [-0.2, -0.15) is 0 Å². The fourth-order valence-electron chi connectivity index (χ4n) is 2.27. The standard InChI is InChI=1S/C19H16N2O3S/c1-12-17(13(2)22)25-19(20-12)21-18(23)14-7-6-10-16(11-14)24-15-8-4-3-5-9-15/h3-11H,1-2H3,(H,20,21,23). The minimum absolute atomic E-state index is 0.0613. The first-order chi connectivity index (χ1) is 12.0. The van der Waals surface area contributed by atoms with Crippen LogP contribution in [-0.2, 0) is 0 Å². The molecule has 3 aromatic rings. The van der Waals surface area contributed by atoms with E-state index in [0.717, 1.165) is 0 Å². The number of Topliss-reactive ketones (excluding diaryl/α,β-unsaturated/α-hetero) is 1. The molecule has 2 aromatic carbocycles.